The number of aromatic hydroxyl groups is 1. The molecule has 2 aromatic heterocycles. The van der Waals surface area contributed by atoms with E-state index in [2.05, 4.69) is 0 Å². The average Bonchev–Trinajstić information content (AvgIpc) is 2.88. The van der Waals surface area contributed by atoms with Gasteiger partial charge in [0.25, 0.3) is 0 Å². The van der Waals surface area contributed by atoms with E-state index in [-0.39, 0.29) is 39.7 Å². The number of methoxy groups -OCH3 is 1. The Morgan fingerprint density at radius 1 is 0.917 bits per heavy atom. The lowest BCUT2D eigenvalue weighted by Gasteiger charge is -2.25. The van der Waals surface area contributed by atoms with Gasteiger partial charge in [0.05, 0.1) is 30.7 Å². The molecule has 1 aliphatic heterocycles. The molecule has 8 nitrogen and oxygen atoms in total. The molecular weight excluding hydrogens is 464 g/mol. The van der Waals surface area contributed by atoms with Gasteiger partial charge in [-0.1, -0.05) is 30.3 Å². The van der Waals surface area contributed by atoms with Crippen molar-refractivity contribution in [1.29, 1.82) is 0 Å². The molecule has 0 bridgehead atoms. The van der Waals surface area contributed by atoms with E-state index < -0.39 is 23.1 Å². The van der Waals surface area contributed by atoms with Crippen LogP contribution in [0, 0.1) is 0 Å². The van der Waals surface area contributed by atoms with Crippen LogP contribution < -0.4 is 20.3 Å². The molecule has 0 fully saturated rings. The van der Waals surface area contributed by atoms with Gasteiger partial charge in [0.15, 0.2) is 5.43 Å². The molecule has 1 atom stereocenters. The average molecular weight is 482 g/mol. The van der Waals surface area contributed by atoms with Crippen molar-refractivity contribution in [2.45, 2.75) is 12.3 Å². The molecule has 3 aromatic carbocycles. The molecule has 8 heteroatoms. The van der Waals surface area contributed by atoms with Crippen LogP contribution in [-0.4, -0.2) is 18.2 Å². The smallest absolute Gasteiger partial charge is 0.312 e. The molecule has 0 saturated carbocycles. The summed E-state index contributed by atoms with van der Waals surface area (Å²) in [7, 11) is 1.49. The second kappa shape index (κ2) is 8.13. The maximum absolute atomic E-state index is 13.6. The molecule has 1 aliphatic rings. The van der Waals surface area contributed by atoms with Gasteiger partial charge in [-0.3, -0.25) is 14.4 Å². The van der Waals surface area contributed by atoms with E-state index in [1.54, 1.807) is 48.5 Å². The molecule has 0 spiro atoms. The lowest BCUT2D eigenvalue weighted by Crippen LogP contribution is -2.25. The van der Waals surface area contributed by atoms with Gasteiger partial charge in [-0.25, -0.2) is 0 Å². The Kier molecular flexibility index (Phi) is 4.89. The number of benzene rings is 3. The fourth-order valence-electron chi connectivity index (χ4n) is 4.78. The van der Waals surface area contributed by atoms with E-state index in [4.69, 9.17) is 18.3 Å². The lowest BCUT2D eigenvalue weighted by atomic mass is 9.85. The summed E-state index contributed by atoms with van der Waals surface area (Å²) in [5.41, 5.74) is 0.838. The molecule has 0 amide bonds. The highest BCUT2D eigenvalue weighted by atomic mass is 16.5. The number of fused-ring (bicyclic) bond motifs is 4. The predicted molar refractivity (Wildman–Crippen MR) is 131 cm³/mol. The SMILES string of the molecule is COc1ccccc1-c1coc2c3c(cc(O)c2c1=O)OC(=O)CC3c1coc2ccccc2c1=O. The number of hydrogen-bond donors (Lipinski definition) is 1. The van der Waals surface area contributed by atoms with E-state index in [1.165, 1.54) is 25.7 Å². The minimum atomic E-state index is -0.814. The molecule has 3 heterocycles. The van der Waals surface area contributed by atoms with Crippen molar-refractivity contribution in [2.24, 2.45) is 0 Å². The number of hydrogen-bond acceptors (Lipinski definition) is 8. The molecule has 0 radical (unpaired) electrons. The van der Waals surface area contributed by atoms with Crippen molar-refractivity contribution < 1.29 is 28.2 Å². The van der Waals surface area contributed by atoms with E-state index in [0.717, 1.165) is 0 Å². The Bertz CT molecular complexity index is 1810. The fourth-order valence-corrected chi connectivity index (χ4v) is 4.78. The first-order valence-electron chi connectivity index (χ1n) is 11.1. The zero-order chi connectivity index (χ0) is 25.0. The number of phenolic OH excluding ortho intramolecular Hbond substituents is 1. The molecule has 1 unspecified atom stereocenters. The fraction of sp³-hybridized carbons (Fsp3) is 0.107. The van der Waals surface area contributed by atoms with E-state index in [9.17, 15) is 19.5 Å². The van der Waals surface area contributed by atoms with Crippen molar-refractivity contribution in [2.75, 3.05) is 7.11 Å². The lowest BCUT2D eigenvalue weighted by molar-refractivity contribution is -0.135. The van der Waals surface area contributed by atoms with Crippen molar-refractivity contribution in [3.05, 3.63) is 98.7 Å². The van der Waals surface area contributed by atoms with Crippen molar-refractivity contribution >= 4 is 27.9 Å². The molecular formula is C28H18O8. The number of para-hydroxylation sites is 2. The number of ether oxygens (including phenoxy) is 2. The predicted octanol–water partition coefficient (Wildman–Crippen LogP) is 4.72. The van der Waals surface area contributed by atoms with E-state index in [0.29, 0.717) is 27.8 Å². The number of phenols is 1. The largest absolute Gasteiger partial charge is 0.507 e. The molecule has 178 valence electrons. The summed E-state index contributed by atoms with van der Waals surface area (Å²) in [5.74, 6) is -1.34. The van der Waals surface area contributed by atoms with Gasteiger partial charge >= 0.3 is 5.97 Å². The van der Waals surface area contributed by atoms with E-state index >= 15 is 0 Å². The van der Waals surface area contributed by atoms with Gasteiger partial charge < -0.3 is 23.4 Å². The summed E-state index contributed by atoms with van der Waals surface area (Å²) < 4.78 is 22.4. The highest BCUT2D eigenvalue weighted by Gasteiger charge is 2.35. The first-order chi connectivity index (χ1) is 17.5. The minimum absolute atomic E-state index is 0.0157. The molecule has 36 heavy (non-hydrogen) atoms. The van der Waals surface area contributed by atoms with Crippen LogP contribution in [0.15, 0.2) is 85.5 Å². The summed E-state index contributed by atoms with van der Waals surface area (Å²) in [6.45, 7) is 0. The molecule has 0 saturated heterocycles. The number of carbonyl (C=O) groups excluding carboxylic acids is 1. The number of carbonyl (C=O) groups is 1. The van der Waals surface area contributed by atoms with Crippen LogP contribution in [-0.2, 0) is 4.79 Å². The van der Waals surface area contributed by atoms with Crippen LogP contribution in [0.5, 0.6) is 17.2 Å². The Labute approximate surface area is 202 Å². The second-order valence-corrected chi connectivity index (χ2v) is 8.44. The minimum Gasteiger partial charge on any atom is -0.507 e. The summed E-state index contributed by atoms with van der Waals surface area (Å²) >= 11 is 0. The zero-order valence-electron chi connectivity index (χ0n) is 18.9. The monoisotopic (exact) mass is 482 g/mol. The van der Waals surface area contributed by atoms with Crippen molar-refractivity contribution in [3.8, 4) is 28.4 Å². The Morgan fingerprint density at radius 3 is 2.53 bits per heavy atom. The standard InChI is InChI=1S/C28H18O8/c1-33-20-8-4-2-6-14(20)17-13-35-28-24-16(18-12-34-21-9-5-3-7-15(21)26(18)31)10-23(30)36-22(24)11-19(29)25(28)27(17)32/h2-9,11-13,16,29H,10H2,1H3. The van der Waals surface area contributed by atoms with Crippen LogP contribution >= 0.6 is 0 Å². The zero-order valence-corrected chi connectivity index (χ0v) is 18.9. The van der Waals surface area contributed by atoms with Crippen molar-refractivity contribution in [1.82, 2.24) is 0 Å². The molecule has 0 aliphatic carbocycles. The van der Waals surface area contributed by atoms with Crippen molar-refractivity contribution in [3.63, 3.8) is 0 Å². The molecule has 5 aromatic rings. The van der Waals surface area contributed by atoms with Gasteiger partial charge in [0, 0.05) is 28.7 Å². The van der Waals surface area contributed by atoms with Gasteiger partial charge in [0.1, 0.15) is 40.1 Å². The summed E-state index contributed by atoms with van der Waals surface area (Å²) in [4.78, 5) is 39.4. The normalized spacial score (nSPS) is 15.0. The topological polar surface area (TPSA) is 116 Å². The molecule has 1 N–H and O–H groups in total. The number of rotatable bonds is 3. The molecule has 6 rings (SSSR count). The van der Waals surface area contributed by atoms with Gasteiger partial charge in [0.2, 0.25) is 5.43 Å². The Balaban J connectivity index is 1.64. The van der Waals surface area contributed by atoms with Crippen LogP contribution in [0.2, 0.25) is 0 Å². The van der Waals surface area contributed by atoms with Crippen LogP contribution in [0.1, 0.15) is 23.5 Å². The third kappa shape index (κ3) is 3.19. The van der Waals surface area contributed by atoms with Crippen LogP contribution in [0.3, 0.4) is 0 Å². The maximum atomic E-state index is 13.6. The van der Waals surface area contributed by atoms with Gasteiger partial charge in [-0.15, -0.1) is 0 Å². The third-order valence-electron chi connectivity index (χ3n) is 6.45. The number of esters is 1. The maximum Gasteiger partial charge on any atom is 0.312 e. The first kappa shape index (κ1) is 21.7. The second-order valence-electron chi connectivity index (χ2n) is 8.44. The first-order valence-corrected chi connectivity index (χ1v) is 11.1. The summed E-state index contributed by atoms with van der Waals surface area (Å²) in [6, 6.07) is 14.9. The van der Waals surface area contributed by atoms with Crippen LogP contribution in [0.4, 0.5) is 0 Å². The Morgan fingerprint density at radius 2 is 1.69 bits per heavy atom. The highest BCUT2D eigenvalue weighted by molar-refractivity contribution is 5.94. The summed E-state index contributed by atoms with van der Waals surface area (Å²) in [5, 5.41) is 11.0. The Hall–Kier alpha value is -4.85. The third-order valence-corrected chi connectivity index (χ3v) is 6.45. The van der Waals surface area contributed by atoms with Crippen LogP contribution in [0.25, 0.3) is 33.1 Å². The highest BCUT2D eigenvalue weighted by Crippen LogP contribution is 2.45. The quantitative estimate of drug-likeness (QED) is 0.290. The van der Waals surface area contributed by atoms with Gasteiger partial charge in [-0.05, 0) is 18.2 Å². The summed E-state index contributed by atoms with van der Waals surface area (Å²) in [6.07, 6.45) is 2.42. The van der Waals surface area contributed by atoms with E-state index in [1.807, 2.05) is 0 Å². The van der Waals surface area contributed by atoms with Gasteiger partial charge in [-0.2, -0.15) is 0 Å².